The van der Waals surface area contributed by atoms with Crippen LogP contribution in [-0.2, 0) is 4.74 Å². The van der Waals surface area contributed by atoms with E-state index in [1.807, 2.05) is 0 Å². The molecule has 0 amide bonds. The minimum Gasteiger partial charge on any atom is -0.378 e. The van der Waals surface area contributed by atoms with Gasteiger partial charge in [-0.05, 0) is 44.4 Å². The van der Waals surface area contributed by atoms with Crippen LogP contribution in [0.1, 0.15) is 46.0 Å². The Morgan fingerprint density at radius 3 is 2.92 bits per heavy atom. The fourth-order valence-electron chi connectivity index (χ4n) is 2.60. The summed E-state index contributed by atoms with van der Waals surface area (Å²) in [6, 6.07) is 0. The van der Waals surface area contributed by atoms with Gasteiger partial charge in [-0.1, -0.05) is 12.8 Å². The van der Waals surface area contributed by atoms with E-state index in [4.69, 9.17) is 4.74 Å². The Labute approximate surface area is 75.5 Å². The third-order valence-corrected chi connectivity index (χ3v) is 3.54. The van der Waals surface area contributed by atoms with E-state index in [1.54, 1.807) is 0 Å². The van der Waals surface area contributed by atoms with E-state index in [1.165, 1.54) is 32.1 Å². The average Bonchev–Trinajstić information content (AvgIpc) is 2.75. The molecule has 2 aliphatic rings. The van der Waals surface area contributed by atoms with Crippen LogP contribution >= 0.6 is 0 Å². The predicted octanol–water partition coefficient (Wildman–Crippen LogP) is 2.99. The molecule has 0 bridgehead atoms. The maximum Gasteiger partial charge on any atom is 0.0528 e. The Bertz CT molecular complexity index is 164. The molecule has 2 atom stereocenters. The summed E-state index contributed by atoms with van der Waals surface area (Å²) in [4.78, 5) is 0. The molecule has 2 unspecified atom stereocenters. The molecule has 0 radical (unpaired) electrons. The molecule has 2 rings (SSSR count). The highest BCUT2D eigenvalue weighted by Gasteiger charge is 2.54. The standard InChI is InChI=1S/C11H20O/c1-9(2)12-8-11-6-4-3-5-10(11)7-11/h9-10H,3-8H2,1-2H3. The maximum atomic E-state index is 5.73. The van der Waals surface area contributed by atoms with Crippen LogP contribution in [0, 0.1) is 11.3 Å². The zero-order valence-electron chi connectivity index (χ0n) is 8.31. The van der Waals surface area contributed by atoms with Gasteiger partial charge >= 0.3 is 0 Å². The van der Waals surface area contributed by atoms with Crippen molar-refractivity contribution in [1.82, 2.24) is 0 Å². The van der Waals surface area contributed by atoms with Gasteiger partial charge in [0, 0.05) is 0 Å². The molecule has 0 aromatic rings. The largest absolute Gasteiger partial charge is 0.378 e. The molecule has 2 fully saturated rings. The lowest BCUT2D eigenvalue weighted by Gasteiger charge is -2.22. The molecule has 1 heteroatoms. The lowest BCUT2D eigenvalue weighted by Crippen LogP contribution is -2.19. The van der Waals surface area contributed by atoms with E-state index in [0.717, 1.165) is 12.5 Å². The summed E-state index contributed by atoms with van der Waals surface area (Å²) in [5.41, 5.74) is 0.655. The van der Waals surface area contributed by atoms with E-state index >= 15 is 0 Å². The van der Waals surface area contributed by atoms with E-state index in [9.17, 15) is 0 Å². The van der Waals surface area contributed by atoms with Crippen LogP contribution < -0.4 is 0 Å². The topological polar surface area (TPSA) is 9.23 Å². The van der Waals surface area contributed by atoms with Crippen molar-refractivity contribution in [3.8, 4) is 0 Å². The van der Waals surface area contributed by atoms with Crippen molar-refractivity contribution < 1.29 is 4.74 Å². The van der Waals surface area contributed by atoms with Crippen molar-refractivity contribution >= 4 is 0 Å². The first-order valence-corrected chi connectivity index (χ1v) is 5.34. The number of rotatable bonds is 3. The molecular weight excluding hydrogens is 148 g/mol. The van der Waals surface area contributed by atoms with E-state index in [-0.39, 0.29) is 0 Å². The molecule has 0 spiro atoms. The van der Waals surface area contributed by atoms with E-state index < -0.39 is 0 Å². The van der Waals surface area contributed by atoms with Gasteiger partial charge < -0.3 is 4.74 Å². The summed E-state index contributed by atoms with van der Waals surface area (Å²) >= 11 is 0. The minimum atomic E-state index is 0.419. The van der Waals surface area contributed by atoms with Crippen molar-refractivity contribution in [2.75, 3.05) is 6.61 Å². The molecule has 0 aromatic carbocycles. The maximum absolute atomic E-state index is 5.73. The molecule has 0 aromatic heterocycles. The molecule has 0 aliphatic heterocycles. The smallest absolute Gasteiger partial charge is 0.0528 e. The normalized spacial score (nSPS) is 39.8. The zero-order chi connectivity index (χ0) is 8.60. The van der Waals surface area contributed by atoms with Crippen LogP contribution in [0.15, 0.2) is 0 Å². The van der Waals surface area contributed by atoms with Gasteiger partial charge in [-0.15, -0.1) is 0 Å². The van der Waals surface area contributed by atoms with Gasteiger partial charge in [0.05, 0.1) is 12.7 Å². The summed E-state index contributed by atoms with van der Waals surface area (Å²) in [7, 11) is 0. The number of fused-ring (bicyclic) bond motifs is 1. The van der Waals surface area contributed by atoms with Crippen LogP contribution in [-0.4, -0.2) is 12.7 Å². The minimum absolute atomic E-state index is 0.419. The monoisotopic (exact) mass is 168 g/mol. The van der Waals surface area contributed by atoms with Gasteiger partial charge in [0.1, 0.15) is 0 Å². The average molecular weight is 168 g/mol. The molecule has 1 nitrogen and oxygen atoms in total. The first-order valence-electron chi connectivity index (χ1n) is 5.34. The predicted molar refractivity (Wildman–Crippen MR) is 50.1 cm³/mol. The van der Waals surface area contributed by atoms with Gasteiger partial charge in [0.25, 0.3) is 0 Å². The van der Waals surface area contributed by atoms with E-state index in [0.29, 0.717) is 11.5 Å². The summed E-state index contributed by atoms with van der Waals surface area (Å²) in [6.07, 6.45) is 7.69. The fourth-order valence-corrected chi connectivity index (χ4v) is 2.60. The molecular formula is C11H20O. The third-order valence-electron chi connectivity index (χ3n) is 3.54. The highest BCUT2D eigenvalue weighted by atomic mass is 16.5. The van der Waals surface area contributed by atoms with Crippen LogP contribution in [0.3, 0.4) is 0 Å². The Hall–Kier alpha value is -0.0400. The number of ether oxygens (including phenoxy) is 1. The van der Waals surface area contributed by atoms with Gasteiger partial charge in [-0.25, -0.2) is 0 Å². The van der Waals surface area contributed by atoms with Crippen molar-refractivity contribution in [2.45, 2.75) is 52.1 Å². The SMILES string of the molecule is CC(C)OCC12CCCCC1C2. The second-order valence-electron chi connectivity index (χ2n) is 4.87. The molecule has 2 saturated carbocycles. The molecule has 0 saturated heterocycles. The molecule has 0 heterocycles. The Morgan fingerprint density at radius 1 is 1.42 bits per heavy atom. The van der Waals surface area contributed by atoms with Crippen LogP contribution in [0.5, 0.6) is 0 Å². The Kier molecular flexibility index (Phi) is 2.16. The number of hydrogen-bond donors (Lipinski definition) is 0. The van der Waals surface area contributed by atoms with E-state index in [2.05, 4.69) is 13.8 Å². The quantitative estimate of drug-likeness (QED) is 0.629. The van der Waals surface area contributed by atoms with Crippen LogP contribution in [0.2, 0.25) is 0 Å². The van der Waals surface area contributed by atoms with Gasteiger partial charge in [0.15, 0.2) is 0 Å². The van der Waals surface area contributed by atoms with Crippen molar-refractivity contribution in [3.63, 3.8) is 0 Å². The Balaban J connectivity index is 1.80. The lowest BCUT2D eigenvalue weighted by molar-refractivity contribution is 0.0307. The number of hydrogen-bond acceptors (Lipinski definition) is 1. The highest BCUT2D eigenvalue weighted by molar-refractivity contribution is 5.04. The summed E-state index contributed by atoms with van der Waals surface area (Å²) in [6.45, 7) is 5.31. The molecule has 0 N–H and O–H groups in total. The van der Waals surface area contributed by atoms with Crippen molar-refractivity contribution in [2.24, 2.45) is 11.3 Å². The summed E-state index contributed by atoms with van der Waals surface area (Å²) in [5.74, 6) is 1.03. The molecule has 2 aliphatic carbocycles. The van der Waals surface area contributed by atoms with Crippen molar-refractivity contribution in [1.29, 1.82) is 0 Å². The third kappa shape index (κ3) is 1.52. The first kappa shape index (κ1) is 8.55. The Morgan fingerprint density at radius 2 is 2.25 bits per heavy atom. The van der Waals surface area contributed by atoms with Crippen LogP contribution in [0.25, 0.3) is 0 Å². The molecule has 70 valence electrons. The second-order valence-corrected chi connectivity index (χ2v) is 4.87. The zero-order valence-corrected chi connectivity index (χ0v) is 8.31. The van der Waals surface area contributed by atoms with Crippen molar-refractivity contribution in [3.05, 3.63) is 0 Å². The fraction of sp³-hybridized carbons (Fsp3) is 1.00. The summed E-state index contributed by atoms with van der Waals surface area (Å²) in [5, 5.41) is 0. The first-order chi connectivity index (χ1) is 5.73. The van der Waals surface area contributed by atoms with Crippen LogP contribution in [0.4, 0.5) is 0 Å². The van der Waals surface area contributed by atoms with Gasteiger partial charge in [0.2, 0.25) is 0 Å². The highest BCUT2D eigenvalue weighted by Crippen LogP contribution is 2.61. The molecule has 12 heavy (non-hydrogen) atoms. The lowest BCUT2D eigenvalue weighted by atomic mass is 9.89. The summed E-state index contributed by atoms with van der Waals surface area (Å²) < 4.78 is 5.73. The van der Waals surface area contributed by atoms with Gasteiger partial charge in [-0.3, -0.25) is 0 Å². The van der Waals surface area contributed by atoms with Gasteiger partial charge in [-0.2, -0.15) is 0 Å². The second kappa shape index (κ2) is 3.02.